The largest absolute Gasteiger partial charge is 0.453 e. The van der Waals surface area contributed by atoms with Gasteiger partial charge in [-0.15, -0.1) is 0 Å². The van der Waals surface area contributed by atoms with E-state index in [9.17, 15) is 24.3 Å². The minimum absolute atomic E-state index is 0.115. The van der Waals surface area contributed by atoms with E-state index in [1.807, 2.05) is 13.0 Å². The van der Waals surface area contributed by atoms with Crippen LogP contribution >= 0.6 is 0 Å². The van der Waals surface area contributed by atoms with Gasteiger partial charge < -0.3 is 24.6 Å². The fourth-order valence-electron chi connectivity index (χ4n) is 4.26. The van der Waals surface area contributed by atoms with Crippen molar-refractivity contribution in [1.82, 2.24) is 9.55 Å². The molecule has 0 bridgehead atoms. The van der Waals surface area contributed by atoms with Crippen LogP contribution in [0.3, 0.4) is 0 Å². The lowest BCUT2D eigenvalue weighted by molar-refractivity contribution is -0.176. The summed E-state index contributed by atoms with van der Waals surface area (Å²) in [4.78, 5) is 52.4. The maximum Gasteiger partial charge on any atom is 0.412 e. The van der Waals surface area contributed by atoms with Crippen LogP contribution in [-0.2, 0) is 23.8 Å². The van der Waals surface area contributed by atoms with Gasteiger partial charge >= 0.3 is 23.7 Å². The predicted octanol–water partition coefficient (Wildman–Crippen LogP) is 4.01. The molecule has 0 aliphatic carbocycles. The summed E-state index contributed by atoms with van der Waals surface area (Å²) in [7, 11) is 0. The Morgan fingerprint density at radius 2 is 1.79 bits per heavy atom. The second-order valence-electron chi connectivity index (χ2n) is 9.74. The molecule has 1 saturated heterocycles. The van der Waals surface area contributed by atoms with Crippen LogP contribution < -0.4 is 16.3 Å². The number of hydrogen-bond acceptors (Lipinski definition) is 9. The number of nitrogens with one attached hydrogen (secondary N) is 2. The van der Waals surface area contributed by atoms with Crippen molar-refractivity contribution in [2.24, 2.45) is 0 Å². The molecule has 1 aromatic carbocycles. The number of ether oxygens (including phenoxy) is 3. The molecule has 230 valence electrons. The van der Waals surface area contributed by atoms with Gasteiger partial charge in [0.2, 0.25) is 12.1 Å². The number of aromatic nitrogens is 2. The number of para-hydroxylation sites is 1. The Bertz CT molecular complexity index is 1240. The second kappa shape index (κ2) is 15.9. The number of esters is 1. The van der Waals surface area contributed by atoms with Crippen LogP contribution in [0.1, 0.15) is 64.5 Å². The molecule has 14 heteroatoms. The minimum Gasteiger partial charge on any atom is -0.453 e. The van der Waals surface area contributed by atoms with Crippen molar-refractivity contribution in [3.05, 3.63) is 53.1 Å². The predicted molar refractivity (Wildman–Crippen MR) is 147 cm³/mol. The van der Waals surface area contributed by atoms with Gasteiger partial charge in [-0.05, 0) is 37.5 Å². The number of hydrogen-bond donors (Lipinski definition) is 3. The van der Waals surface area contributed by atoms with E-state index in [1.165, 1.54) is 0 Å². The first-order valence-corrected chi connectivity index (χ1v) is 13.9. The zero-order valence-electron chi connectivity index (χ0n) is 23.3. The van der Waals surface area contributed by atoms with E-state index in [2.05, 4.69) is 15.6 Å². The summed E-state index contributed by atoms with van der Waals surface area (Å²) in [6.07, 6.45) is -1.93. The standard InChI is InChI=1S/C28H36F2N4O8/c1-2-3-4-10-17-40-27(39)33-21-15-16-34(26(38)32-21)25-28(29,30)24(20(18-35)41-25)42-23(37)14-9-8-13-22(36)31-19-11-6-5-7-12-19/h5-7,11-12,15-16,20,24-25,35H,2-4,8-10,13-14,17-18H2,1H3,(H,31,36)(H,32,33,38,39)/t20-,24-,25-/m1/s1. The number of carbonyl (C=O) groups is 3. The van der Waals surface area contributed by atoms with Crippen LogP contribution in [0.5, 0.6) is 0 Å². The molecule has 2 aromatic rings. The maximum atomic E-state index is 15.3. The van der Waals surface area contributed by atoms with Crippen molar-refractivity contribution in [3.63, 3.8) is 0 Å². The van der Waals surface area contributed by atoms with E-state index in [0.717, 1.165) is 31.5 Å². The van der Waals surface area contributed by atoms with Crippen molar-refractivity contribution in [2.45, 2.75) is 82.6 Å². The fourth-order valence-corrected chi connectivity index (χ4v) is 4.26. The molecule has 2 heterocycles. The summed E-state index contributed by atoms with van der Waals surface area (Å²) in [5, 5.41) is 14.6. The van der Waals surface area contributed by atoms with Crippen LogP contribution in [0.2, 0.25) is 0 Å². The van der Waals surface area contributed by atoms with Crippen LogP contribution in [-0.4, -0.2) is 64.0 Å². The van der Waals surface area contributed by atoms with Crippen molar-refractivity contribution in [2.75, 3.05) is 23.8 Å². The quantitative estimate of drug-likeness (QED) is 0.205. The molecular formula is C28H36F2N4O8. The monoisotopic (exact) mass is 594 g/mol. The van der Waals surface area contributed by atoms with E-state index >= 15 is 8.78 Å². The zero-order valence-corrected chi connectivity index (χ0v) is 23.3. The highest BCUT2D eigenvalue weighted by molar-refractivity contribution is 5.90. The maximum absolute atomic E-state index is 15.3. The molecule has 3 N–H and O–H groups in total. The Balaban J connectivity index is 1.51. The Kier molecular flexibility index (Phi) is 12.4. The number of aliphatic hydroxyl groups excluding tert-OH is 1. The third kappa shape index (κ3) is 9.31. The number of benzene rings is 1. The molecular weight excluding hydrogens is 558 g/mol. The van der Waals surface area contributed by atoms with Crippen molar-refractivity contribution in [3.8, 4) is 0 Å². The van der Waals surface area contributed by atoms with Crippen molar-refractivity contribution < 1.29 is 42.5 Å². The molecule has 42 heavy (non-hydrogen) atoms. The number of halogens is 2. The van der Waals surface area contributed by atoms with Crippen LogP contribution in [0, 0.1) is 0 Å². The van der Waals surface area contributed by atoms with E-state index in [1.54, 1.807) is 24.3 Å². The molecule has 1 fully saturated rings. The number of alkyl halides is 2. The van der Waals surface area contributed by atoms with Gasteiger partial charge in [-0.1, -0.05) is 44.4 Å². The highest BCUT2D eigenvalue weighted by Crippen LogP contribution is 2.44. The number of amides is 2. The van der Waals surface area contributed by atoms with Gasteiger partial charge in [0.1, 0.15) is 11.9 Å². The third-order valence-electron chi connectivity index (χ3n) is 6.42. The van der Waals surface area contributed by atoms with E-state index in [-0.39, 0.29) is 37.6 Å². The number of carbonyl (C=O) groups excluding carboxylic acids is 3. The number of nitrogens with zero attached hydrogens (tertiary/aromatic N) is 2. The first kappa shape index (κ1) is 32.6. The van der Waals surface area contributed by atoms with Gasteiger partial charge in [0.05, 0.1) is 13.2 Å². The lowest BCUT2D eigenvalue weighted by atomic mass is 10.1. The summed E-state index contributed by atoms with van der Waals surface area (Å²) < 4.78 is 46.3. The van der Waals surface area contributed by atoms with Crippen molar-refractivity contribution >= 4 is 29.5 Å². The van der Waals surface area contributed by atoms with Gasteiger partial charge in [-0.25, -0.2) is 9.59 Å². The van der Waals surface area contributed by atoms with E-state index in [4.69, 9.17) is 14.2 Å². The fraction of sp³-hybridized carbons (Fsp3) is 0.536. The molecule has 0 radical (unpaired) electrons. The third-order valence-corrected chi connectivity index (χ3v) is 6.42. The molecule has 0 unspecified atom stereocenters. The minimum atomic E-state index is -3.91. The molecule has 1 aliphatic rings. The molecule has 1 aliphatic heterocycles. The topological polar surface area (TPSA) is 158 Å². The van der Waals surface area contributed by atoms with Crippen molar-refractivity contribution in [1.29, 1.82) is 0 Å². The highest BCUT2D eigenvalue weighted by atomic mass is 19.3. The number of aliphatic hydroxyl groups is 1. The molecule has 12 nitrogen and oxygen atoms in total. The Labute approximate surface area is 241 Å². The number of anilines is 2. The Morgan fingerprint density at radius 1 is 1.05 bits per heavy atom. The molecule has 3 atom stereocenters. The average Bonchev–Trinajstić information content (AvgIpc) is 3.20. The number of unbranched alkanes of at least 4 members (excludes halogenated alkanes) is 4. The summed E-state index contributed by atoms with van der Waals surface area (Å²) in [6.45, 7) is 1.32. The summed E-state index contributed by atoms with van der Waals surface area (Å²) in [5.74, 6) is -5.34. The van der Waals surface area contributed by atoms with Gasteiger partial charge in [-0.3, -0.25) is 19.5 Å². The second-order valence-corrected chi connectivity index (χ2v) is 9.74. The normalized spacial score (nSPS) is 19.2. The first-order chi connectivity index (χ1) is 20.1. The zero-order chi connectivity index (χ0) is 30.5. The Morgan fingerprint density at radius 3 is 2.48 bits per heavy atom. The summed E-state index contributed by atoms with van der Waals surface area (Å²) in [6, 6.07) is 9.92. The summed E-state index contributed by atoms with van der Waals surface area (Å²) >= 11 is 0. The highest BCUT2D eigenvalue weighted by Gasteiger charge is 2.62. The first-order valence-electron chi connectivity index (χ1n) is 13.9. The lowest BCUT2D eigenvalue weighted by Gasteiger charge is -2.24. The average molecular weight is 595 g/mol. The Hall–Kier alpha value is -3.91. The molecule has 0 spiro atoms. The van der Waals surface area contributed by atoms with E-state index in [0.29, 0.717) is 23.1 Å². The molecule has 0 saturated carbocycles. The van der Waals surface area contributed by atoms with Gasteiger partial charge in [0.25, 0.3) is 0 Å². The van der Waals surface area contributed by atoms with E-state index < -0.39 is 48.7 Å². The smallest absolute Gasteiger partial charge is 0.412 e. The summed E-state index contributed by atoms with van der Waals surface area (Å²) in [5.41, 5.74) is -0.538. The lowest BCUT2D eigenvalue weighted by Crippen LogP contribution is -2.44. The van der Waals surface area contributed by atoms with Crippen LogP contribution in [0.15, 0.2) is 47.4 Å². The SMILES string of the molecule is CCCCCCOC(=O)Nc1ccn([C@@H]2O[C@H](CO)[C@@H](OC(=O)CCCCC(=O)Nc3ccccc3)C2(F)F)c(=O)n1. The van der Waals surface area contributed by atoms with Gasteiger partial charge in [0.15, 0.2) is 6.10 Å². The van der Waals surface area contributed by atoms with Gasteiger partial charge in [0, 0.05) is 24.7 Å². The molecule has 1 aromatic heterocycles. The van der Waals surface area contributed by atoms with Crippen LogP contribution in [0.25, 0.3) is 0 Å². The molecule has 3 rings (SSSR count). The number of rotatable bonds is 15. The molecule has 2 amide bonds. The van der Waals surface area contributed by atoms with Gasteiger partial charge in [-0.2, -0.15) is 13.8 Å². The van der Waals surface area contributed by atoms with Crippen LogP contribution in [0.4, 0.5) is 25.1 Å².